The van der Waals surface area contributed by atoms with Crippen LogP contribution >= 0.6 is 0 Å². The molecule has 2 fully saturated rings. The zero-order valence-electron chi connectivity index (χ0n) is 11.7. The Morgan fingerprint density at radius 2 is 1.67 bits per heavy atom. The lowest BCUT2D eigenvalue weighted by Gasteiger charge is -2.49. The molecule has 2 aliphatic rings. The van der Waals surface area contributed by atoms with E-state index < -0.39 is 0 Å². The minimum absolute atomic E-state index is 0.199. The van der Waals surface area contributed by atoms with Crippen LogP contribution in [0.3, 0.4) is 0 Å². The van der Waals surface area contributed by atoms with Gasteiger partial charge in [-0.1, -0.05) is 12.1 Å². The topological polar surface area (TPSA) is 35.2 Å². The van der Waals surface area contributed by atoms with Gasteiger partial charge in [0.05, 0.1) is 13.2 Å². The second-order valence-corrected chi connectivity index (χ2v) is 6.31. The highest BCUT2D eigenvalue weighted by Gasteiger charge is 2.63. The molecule has 1 aliphatic carbocycles. The van der Waals surface area contributed by atoms with E-state index in [-0.39, 0.29) is 5.41 Å². The molecule has 0 atom stereocenters. The summed E-state index contributed by atoms with van der Waals surface area (Å²) in [7, 11) is 0. The minimum atomic E-state index is 0.199. The molecule has 1 heterocycles. The highest BCUT2D eigenvalue weighted by molar-refractivity contribution is 5.45. The summed E-state index contributed by atoms with van der Waals surface area (Å²) in [6.07, 6.45) is 2.53. The Balaban J connectivity index is 2.10. The second-order valence-electron chi connectivity index (χ2n) is 6.31. The smallest absolute Gasteiger partial charge is 0.0591 e. The van der Waals surface area contributed by atoms with Gasteiger partial charge in [-0.05, 0) is 67.8 Å². The standard InChI is InChI=1S/C16H23NO/c1-11-6-13(3)14(7-12(11)2)16(9-18-10-16)15(8-17)4-5-15/h6-7H,4-5,8-10,17H2,1-3H3. The van der Waals surface area contributed by atoms with Crippen LogP contribution < -0.4 is 5.73 Å². The van der Waals surface area contributed by atoms with Crippen molar-refractivity contribution in [2.45, 2.75) is 39.0 Å². The Labute approximate surface area is 110 Å². The number of ether oxygens (including phenoxy) is 1. The van der Waals surface area contributed by atoms with Gasteiger partial charge >= 0.3 is 0 Å². The lowest BCUT2D eigenvalue weighted by Crippen LogP contribution is -2.56. The number of benzene rings is 1. The largest absolute Gasteiger partial charge is 0.379 e. The molecule has 98 valence electrons. The van der Waals surface area contributed by atoms with Gasteiger partial charge in [0.15, 0.2) is 0 Å². The SMILES string of the molecule is Cc1cc(C)c(C2(C3(CN)CC3)COC2)cc1C. The molecule has 0 radical (unpaired) electrons. The van der Waals surface area contributed by atoms with E-state index in [9.17, 15) is 0 Å². The average molecular weight is 245 g/mol. The second kappa shape index (κ2) is 3.82. The molecule has 1 aromatic carbocycles. The third-order valence-corrected chi connectivity index (χ3v) is 5.31. The van der Waals surface area contributed by atoms with Crippen LogP contribution in [0, 0.1) is 26.2 Å². The molecule has 2 nitrogen and oxygen atoms in total. The maximum absolute atomic E-state index is 6.06. The number of nitrogens with two attached hydrogens (primary N) is 1. The van der Waals surface area contributed by atoms with E-state index in [1.807, 2.05) is 0 Å². The number of hydrogen-bond donors (Lipinski definition) is 1. The zero-order valence-corrected chi connectivity index (χ0v) is 11.7. The van der Waals surface area contributed by atoms with Gasteiger partial charge < -0.3 is 10.5 Å². The maximum atomic E-state index is 6.06. The molecule has 18 heavy (non-hydrogen) atoms. The van der Waals surface area contributed by atoms with E-state index >= 15 is 0 Å². The summed E-state index contributed by atoms with van der Waals surface area (Å²) in [5, 5.41) is 0. The molecule has 1 saturated heterocycles. The van der Waals surface area contributed by atoms with E-state index in [0.717, 1.165) is 19.8 Å². The lowest BCUT2D eigenvalue weighted by molar-refractivity contribution is -0.0976. The van der Waals surface area contributed by atoms with Gasteiger partial charge in [0.25, 0.3) is 0 Å². The predicted octanol–water partition coefficient (Wildman–Crippen LogP) is 2.62. The van der Waals surface area contributed by atoms with Gasteiger partial charge in [0.2, 0.25) is 0 Å². The Bertz CT molecular complexity index is 484. The van der Waals surface area contributed by atoms with Crippen LogP contribution in [-0.4, -0.2) is 19.8 Å². The molecule has 2 heteroatoms. The van der Waals surface area contributed by atoms with Gasteiger partial charge in [-0.3, -0.25) is 0 Å². The van der Waals surface area contributed by atoms with Gasteiger partial charge in [-0.15, -0.1) is 0 Å². The summed E-state index contributed by atoms with van der Waals surface area (Å²) in [6.45, 7) is 9.12. The van der Waals surface area contributed by atoms with E-state index in [2.05, 4.69) is 32.9 Å². The van der Waals surface area contributed by atoms with Gasteiger partial charge in [-0.2, -0.15) is 0 Å². The number of hydrogen-bond acceptors (Lipinski definition) is 2. The van der Waals surface area contributed by atoms with Gasteiger partial charge in [-0.25, -0.2) is 0 Å². The molecule has 1 saturated carbocycles. The third kappa shape index (κ3) is 1.42. The van der Waals surface area contributed by atoms with Crippen LogP contribution in [0.15, 0.2) is 12.1 Å². The van der Waals surface area contributed by atoms with Crippen molar-refractivity contribution in [2.75, 3.05) is 19.8 Å². The number of aryl methyl sites for hydroxylation is 3. The Morgan fingerprint density at radius 1 is 1.06 bits per heavy atom. The van der Waals surface area contributed by atoms with Crippen LogP contribution in [0.5, 0.6) is 0 Å². The summed E-state index contributed by atoms with van der Waals surface area (Å²) < 4.78 is 5.59. The fourth-order valence-electron chi connectivity index (χ4n) is 3.56. The van der Waals surface area contributed by atoms with Crippen molar-refractivity contribution in [3.05, 3.63) is 34.4 Å². The van der Waals surface area contributed by atoms with Crippen molar-refractivity contribution in [3.63, 3.8) is 0 Å². The minimum Gasteiger partial charge on any atom is -0.379 e. The first-order valence-electron chi connectivity index (χ1n) is 6.91. The monoisotopic (exact) mass is 245 g/mol. The Morgan fingerprint density at radius 3 is 2.11 bits per heavy atom. The van der Waals surface area contributed by atoms with Crippen molar-refractivity contribution in [1.29, 1.82) is 0 Å². The molecule has 0 spiro atoms. The maximum Gasteiger partial charge on any atom is 0.0591 e. The average Bonchev–Trinajstić information content (AvgIpc) is 3.05. The van der Waals surface area contributed by atoms with Crippen molar-refractivity contribution >= 4 is 0 Å². The fourth-order valence-corrected chi connectivity index (χ4v) is 3.56. The lowest BCUT2D eigenvalue weighted by atomic mass is 9.64. The normalized spacial score (nSPS) is 23.6. The van der Waals surface area contributed by atoms with E-state index in [1.165, 1.54) is 35.1 Å². The van der Waals surface area contributed by atoms with Crippen LogP contribution in [0.2, 0.25) is 0 Å². The first-order valence-corrected chi connectivity index (χ1v) is 6.91. The molecule has 0 amide bonds. The van der Waals surface area contributed by atoms with Crippen LogP contribution in [0.25, 0.3) is 0 Å². The summed E-state index contributed by atoms with van der Waals surface area (Å²) in [6, 6.07) is 4.69. The summed E-state index contributed by atoms with van der Waals surface area (Å²) >= 11 is 0. The molecule has 3 rings (SSSR count). The molecular formula is C16H23NO. The van der Waals surface area contributed by atoms with Crippen LogP contribution in [-0.2, 0) is 10.2 Å². The molecule has 1 aromatic rings. The summed E-state index contributed by atoms with van der Waals surface area (Å²) in [5.41, 5.74) is 12.2. The zero-order chi connectivity index (χ0) is 13.0. The highest BCUT2D eigenvalue weighted by atomic mass is 16.5. The van der Waals surface area contributed by atoms with Crippen LogP contribution in [0.4, 0.5) is 0 Å². The summed E-state index contributed by atoms with van der Waals surface area (Å²) in [4.78, 5) is 0. The Kier molecular flexibility index (Phi) is 2.58. The van der Waals surface area contributed by atoms with E-state index in [0.29, 0.717) is 5.41 Å². The van der Waals surface area contributed by atoms with Gasteiger partial charge in [0, 0.05) is 5.41 Å². The molecule has 0 bridgehead atoms. The first kappa shape index (κ1) is 12.2. The van der Waals surface area contributed by atoms with Crippen molar-refractivity contribution in [3.8, 4) is 0 Å². The van der Waals surface area contributed by atoms with Crippen LogP contribution in [0.1, 0.15) is 35.1 Å². The molecule has 0 unspecified atom stereocenters. The number of rotatable bonds is 3. The fraction of sp³-hybridized carbons (Fsp3) is 0.625. The Hall–Kier alpha value is -0.860. The first-order chi connectivity index (χ1) is 8.55. The molecule has 1 aliphatic heterocycles. The highest BCUT2D eigenvalue weighted by Crippen LogP contribution is 2.62. The molecular weight excluding hydrogens is 222 g/mol. The third-order valence-electron chi connectivity index (χ3n) is 5.31. The van der Waals surface area contributed by atoms with Crippen molar-refractivity contribution < 1.29 is 4.74 Å². The van der Waals surface area contributed by atoms with Crippen molar-refractivity contribution in [1.82, 2.24) is 0 Å². The quantitative estimate of drug-likeness (QED) is 0.888. The summed E-state index contributed by atoms with van der Waals surface area (Å²) in [5.74, 6) is 0. The molecule has 0 aromatic heterocycles. The van der Waals surface area contributed by atoms with E-state index in [1.54, 1.807) is 0 Å². The van der Waals surface area contributed by atoms with E-state index in [4.69, 9.17) is 10.5 Å². The van der Waals surface area contributed by atoms with Crippen molar-refractivity contribution in [2.24, 2.45) is 11.1 Å². The predicted molar refractivity (Wildman–Crippen MR) is 73.9 cm³/mol. The molecule has 2 N–H and O–H groups in total. The van der Waals surface area contributed by atoms with Gasteiger partial charge in [0.1, 0.15) is 0 Å².